The average molecular weight is 408 g/mol. The predicted octanol–water partition coefficient (Wildman–Crippen LogP) is 3.54. The quantitative estimate of drug-likeness (QED) is 0.678. The molecule has 6 rings (SSSR count). The van der Waals surface area contributed by atoms with Gasteiger partial charge in [0.05, 0.1) is 47.6 Å². The number of benzene rings is 1. The second kappa shape index (κ2) is 6.33. The van der Waals surface area contributed by atoms with Crippen LogP contribution in [0.1, 0.15) is 17.7 Å². The number of pyridine rings is 1. The lowest BCUT2D eigenvalue weighted by Gasteiger charge is -2.28. The van der Waals surface area contributed by atoms with Crippen LogP contribution in [0.3, 0.4) is 0 Å². The number of amidine groups is 1. The molecular formula is C21H18F2N6O. The van der Waals surface area contributed by atoms with Gasteiger partial charge in [0.2, 0.25) is 0 Å². The van der Waals surface area contributed by atoms with E-state index in [0.717, 1.165) is 24.3 Å². The van der Waals surface area contributed by atoms with Crippen molar-refractivity contribution in [3.05, 3.63) is 53.4 Å². The first-order chi connectivity index (χ1) is 14.6. The largest absolute Gasteiger partial charge is 0.374 e. The lowest BCUT2D eigenvalue weighted by atomic mass is 10.1. The molecular weight excluding hydrogens is 390 g/mol. The Balaban J connectivity index is 1.49. The van der Waals surface area contributed by atoms with Crippen LogP contribution in [0.4, 0.5) is 26.0 Å². The molecule has 0 aliphatic carbocycles. The highest BCUT2D eigenvalue weighted by Gasteiger charge is 2.40. The van der Waals surface area contributed by atoms with Gasteiger partial charge in [-0.05, 0) is 31.5 Å². The summed E-state index contributed by atoms with van der Waals surface area (Å²) in [7, 11) is 0. The zero-order valence-corrected chi connectivity index (χ0v) is 16.1. The van der Waals surface area contributed by atoms with Gasteiger partial charge in [0.25, 0.3) is 0 Å². The van der Waals surface area contributed by atoms with Crippen molar-refractivity contribution in [1.29, 1.82) is 0 Å². The molecule has 2 bridgehead atoms. The minimum Gasteiger partial charge on any atom is -0.374 e. The van der Waals surface area contributed by atoms with Gasteiger partial charge < -0.3 is 15.0 Å². The van der Waals surface area contributed by atoms with Gasteiger partial charge in [-0.1, -0.05) is 6.07 Å². The number of hydrogen-bond donors (Lipinski definition) is 2. The molecule has 3 aliphatic rings. The van der Waals surface area contributed by atoms with E-state index in [-0.39, 0.29) is 17.5 Å². The Hall–Kier alpha value is -3.33. The Morgan fingerprint density at radius 1 is 1.23 bits per heavy atom. The predicted molar refractivity (Wildman–Crippen MR) is 108 cm³/mol. The van der Waals surface area contributed by atoms with Crippen molar-refractivity contribution in [3.8, 4) is 11.3 Å². The fourth-order valence-corrected chi connectivity index (χ4v) is 4.45. The van der Waals surface area contributed by atoms with E-state index < -0.39 is 11.6 Å². The summed E-state index contributed by atoms with van der Waals surface area (Å²) in [5, 5.41) is 10.4. The van der Waals surface area contributed by atoms with Gasteiger partial charge in [-0.3, -0.25) is 5.10 Å². The van der Waals surface area contributed by atoms with E-state index in [1.54, 1.807) is 13.1 Å². The van der Waals surface area contributed by atoms with Crippen molar-refractivity contribution < 1.29 is 13.5 Å². The lowest BCUT2D eigenvalue weighted by Crippen LogP contribution is -2.37. The van der Waals surface area contributed by atoms with Crippen LogP contribution in [0.15, 0.2) is 35.5 Å². The van der Waals surface area contributed by atoms with Gasteiger partial charge in [-0.25, -0.2) is 18.8 Å². The molecule has 7 nitrogen and oxygen atoms in total. The second-order valence-corrected chi connectivity index (χ2v) is 7.80. The number of fused-ring (bicyclic) bond motifs is 5. The average Bonchev–Trinajstić information content (AvgIpc) is 3.42. The first-order valence-corrected chi connectivity index (χ1v) is 9.82. The summed E-state index contributed by atoms with van der Waals surface area (Å²) in [6.45, 7) is 3.31. The number of nitrogens with one attached hydrogen (secondary N) is 2. The Bertz CT molecular complexity index is 1190. The lowest BCUT2D eigenvalue weighted by molar-refractivity contribution is 0.0989. The Kier molecular flexibility index (Phi) is 3.70. The number of aliphatic imine (C=N–C) groups is 1. The summed E-state index contributed by atoms with van der Waals surface area (Å²) in [5.74, 6) is -0.460. The van der Waals surface area contributed by atoms with E-state index in [1.165, 1.54) is 18.2 Å². The first kappa shape index (κ1) is 17.5. The summed E-state index contributed by atoms with van der Waals surface area (Å²) >= 11 is 0. The van der Waals surface area contributed by atoms with Crippen molar-refractivity contribution in [3.63, 3.8) is 0 Å². The van der Waals surface area contributed by atoms with Crippen LogP contribution in [0, 0.1) is 18.6 Å². The summed E-state index contributed by atoms with van der Waals surface area (Å²) in [6, 6.07) is 6.04. The van der Waals surface area contributed by atoms with Crippen molar-refractivity contribution in [2.75, 3.05) is 23.4 Å². The molecule has 2 saturated heterocycles. The number of rotatable bonds is 2. The molecule has 0 amide bonds. The highest BCUT2D eigenvalue weighted by molar-refractivity contribution is 6.13. The number of nitrogens with zero attached hydrogens (tertiary/aromatic N) is 4. The summed E-state index contributed by atoms with van der Waals surface area (Å²) in [6.07, 6.45) is 2.93. The van der Waals surface area contributed by atoms with Gasteiger partial charge in [0, 0.05) is 12.1 Å². The number of morpholine rings is 1. The number of halogens is 2. The summed E-state index contributed by atoms with van der Waals surface area (Å²) in [5.41, 5.74) is 3.06. The fraction of sp³-hybridized carbons (Fsp3) is 0.286. The van der Waals surface area contributed by atoms with Gasteiger partial charge >= 0.3 is 0 Å². The molecule has 5 heterocycles. The van der Waals surface area contributed by atoms with Crippen LogP contribution in [-0.4, -0.2) is 46.3 Å². The minimum absolute atomic E-state index is 0.0817. The molecule has 0 radical (unpaired) electrons. The van der Waals surface area contributed by atoms with Crippen LogP contribution in [0.5, 0.6) is 0 Å². The Labute approximate surface area is 170 Å². The first-order valence-electron chi connectivity index (χ1n) is 9.82. The maximum Gasteiger partial charge on any atom is 0.144 e. The zero-order valence-electron chi connectivity index (χ0n) is 16.1. The van der Waals surface area contributed by atoms with E-state index in [4.69, 9.17) is 4.74 Å². The van der Waals surface area contributed by atoms with Crippen molar-refractivity contribution >= 4 is 23.0 Å². The smallest absolute Gasteiger partial charge is 0.144 e. The third kappa shape index (κ3) is 2.55. The van der Waals surface area contributed by atoms with Crippen LogP contribution in [0.25, 0.3) is 11.3 Å². The monoisotopic (exact) mass is 408 g/mol. The molecule has 3 aromatic rings. The number of anilines is 2. The third-order valence-corrected chi connectivity index (χ3v) is 5.94. The maximum absolute atomic E-state index is 14.5. The number of aryl methyl sites for hydroxylation is 1. The molecule has 9 heteroatoms. The molecule has 30 heavy (non-hydrogen) atoms. The molecule has 3 aliphatic heterocycles. The van der Waals surface area contributed by atoms with Gasteiger partial charge in [-0.15, -0.1) is 0 Å². The molecule has 0 saturated carbocycles. The molecule has 1 aromatic carbocycles. The number of H-pyrrole nitrogens is 1. The fourth-order valence-electron chi connectivity index (χ4n) is 4.45. The SMILES string of the molecule is Cc1n[nH]c2c1N=C(c1c(F)cccc1F)Nc1cnc(N3C[C@@H]4C[C@H]3CO4)cc1-2. The Morgan fingerprint density at radius 3 is 2.80 bits per heavy atom. The highest BCUT2D eigenvalue weighted by Crippen LogP contribution is 2.41. The second-order valence-electron chi connectivity index (χ2n) is 7.80. The minimum atomic E-state index is -0.690. The molecule has 2 fully saturated rings. The van der Waals surface area contributed by atoms with Crippen LogP contribution in [-0.2, 0) is 4.74 Å². The van der Waals surface area contributed by atoms with Crippen LogP contribution < -0.4 is 10.2 Å². The van der Waals surface area contributed by atoms with Gasteiger partial charge in [-0.2, -0.15) is 5.10 Å². The number of ether oxygens (including phenoxy) is 1. The number of hydrogen-bond acceptors (Lipinski definition) is 6. The topological polar surface area (TPSA) is 78.4 Å². The number of aromatic nitrogens is 3. The van der Waals surface area contributed by atoms with Crippen molar-refractivity contribution in [2.45, 2.75) is 25.5 Å². The van der Waals surface area contributed by atoms with E-state index in [0.29, 0.717) is 35.4 Å². The molecule has 2 atom stereocenters. The van der Waals surface area contributed by atoms with E-state index >= 15 is 0 Å². The summed E-state index contributed by atoms with van der Waals surface area (Å²) in [4.78, 5) is 11.4. The number of aromatic amines is 1. The molecule has 2 aromatic heterocycles. The van der Waals surface area contributed by atoms with Crippen LogP contribution >= 0.6 is 0 Å². The van der Waals surface area contributed by atoms with Crippen LogP contribution in [0.2, 0.25) is 0 Å². The molecule has 2 N–H and O–H groups in total. The molecule has 0 unspecified atom stereocenters. The standard InChI is InChI=1S/C21H18F2N6O/c1-10-19-20(28-27-10)13-6-17(29-8-12-5-11(29)9-30-12)24-7-16(13)25-21(26-19)18-14(22)3-2-4-15(18)23/h2-4,6-7,11-12H,5,8-9H2,1H3,(H,25,26)(H,27,28)/t11-,12-/m0/s1. The summed E-state index contributed by atoms with van der Waals surface area (Å²) < 4.78 is 34.7. The van der Waals surface area contributed by atoms with Crippen molar-refractivity contribution in [2.24, 2.45) is 4.99 Å². The van der Waals surface area contributed by atoms with E-state index in [9.17, 15) is 8.78 Å². The third-order valence-electron chi connectivity index (χ3n) is 5.94. The van der Waals surface area contributed by atoms with Crippen molar-refractivity contribution in [1.82, 2.24) is 15.2 Å². The molecule has 0 spiro atoms. The highest BCUT2D eigenvalue weighted by atomic mass is 19.1. The van der Waals surface area contributed by atoms with E-state index in [2.05, 4.69) is 30.4 Å². The maximum atomic E-state index is 14.5. The van der Waals surface area contributed by atoms with Gasteiger partial charge in [0.1, 0.15) is 29.0 Å². The normalized spacial score (nSPS) is 21.7. The van der Waals surface area contributed by atoms with E-state index in [1.807, 2.05) is 6.07 Å². The Morgan fingerprint density at radius 2 is 2.07 bits per heavy atom. The zero-order chi connectivity index (χ0) is 20.4. The molecule has 152 valence electrons. The van der Waals surface area contributed by atoms with Gasteiger partial charge in [0.15, 0.2) is 0 Å².